The van der Waals surface area contributed by atoms with Gasteiger partial charge in [0.1, 0.15) is 18.1 Å². The average Bonchev–Trinajstić information content (AvgIpc) is 2.46. The molecule has 0 fully saturated rings. The molecule has 5 nitrogen and oxygen atoms in total. The Morgan fingerprint density at radius 3 is 2.85 bits per heavy atom. The number of aromatic nitrogens is 1. The highest BCUT2D eigenvalue weighted by Crippen LogP contribution is 2.25. The van der Waals surface area contributed by atoms with E-state index in [1.807, 2.05) is 6.07 Å². The Hall–Kier alpha value is -2.58. The summed E-state index contributed by atoms with van der Waals surface area (Å²) in [5, 5.41) is 17.9. The minimum absolute atomic E-state index is 0.0444. The number of carboxylic acid groups (broad SMARTS) is 1. The number of carbonyl (C=O) groups is 1. The zero-order valence-electron chi connectivity index (χ0n) is 10.2. The molecule has 1 aromatic heterocycles. The summed E-state index contributed by atoms with van der Waals surface area (Å²) < 4.78 is 5.46. The number of rotatable bonds is 4. The third-order valence-electron chi connectivity index (χ3n) is 2.46. The maximum Gasteiger partial charge on any atom is 0.354 e. The number of nitrogens with zero attached hydrogens (tertiary/aromatic N) is 2. The predicted octanol–water partition coefficient (Wildman–Crippen LogP) is 2.88. The van der Waals surface area contributed by atoms with Gasteiger partial charge in [-0.05, 0) is 30.3 Å². The Bertz CT molecular complexity index is 695. The van der Waals surface area contributed by atoms with Crippen molar-refractivity contribution in [1.29, 1.82) is 5.26 Å². The fourth-order valence-electron chi connectivity index (χ4n) is 1.52. The Morgan fingerprint density at radius 1 is 1.40 bits per heavy atom. The first-order valence-corrected chi connectivity index (χ1v) is 5.99. The molecule has 0 aliphatic heterocycles. The maximum atomic E-state index is 10.8. The number of hydrogen-bond acceptors (Lipinski definition) is 4. The number of halogens is 1. The molecule has 0 aliphatic rings. The lowest BCUT2D eigenvalue weighted by molar-refractivity contribution is 0.0690. The van der Waals surface area contributed by atoms with Crippen molar-refractivity contribution in [2.75, 3.05) is 0 Å². The van der Waals surface area contributed by atoms with Gasteiger partial charge in [0.25, 0.3) is 0 Å². The van der Waals surface area contributed by atoms with Gasteiger partial charge in [-0.2, -0.15) is 5.26 Å². The third-order valence-corrected chi connectivity index (χ3v) is 2.76. The van der Waals surface area contributed by atoms with Crippen LogP contribution in [0.4, 0.5) is 0 Å². The largest absolute Gasteiger partial charge is 0.486 e. The summed E-state index contributed by atoms with van der Waals surface area (Å²) in [4.78, 5) is 14.7. The SMILES string of the molecule is N#Cc1ccc(OCc2cccc(C(=O)O)n2)c(Cl)c1. The van der Waals surface area contributed by atoms with Crippen LogP contribution in [-0.4, -0.2) is 16.1 Å². The van der Waals surface area contributed by atoms with Crippen molar-refractivity contribution < 1.29 is 14.6 Å². The van der Waals surface area contributed by atoms with Gasteiger partial charge in [0.05, 0.1) is 22.3 Å². The van der Waals surface area contributed by atoms with Gasteiger partial charge < -0.3 is 9.84 Å². The molecule has 1 aromatic carbocycles. The number of pyridine rings is 1. The minimum atomic E-state index is -1.09. The van der Waals surface area contributed by atoms with Crippen LogP contribution in [0.5, 0.6) is 5.75 Å². The Labute approximate surface area is 120 Å². The van der Waals surface area contributed by atoms with Crippen LogP contribution in [0.15, 0.2) is 36.4 Å². The number of ether oxygens (including phenoxy) is 1. The lowest BCUT2D eigenvalue weighted by atomic mass is 10.2. The smallest absolute Gasteiger partial charge is 0.354 e. The molecule has 1 heterocycles. The Balaban J connectivity index is 2.11. The normalized spacial score (nSPS) is 9.80. The van der Waals surface area contributed by atoms with E-state index in [0.29, 0.717) is 22.0 Å². The number of nitriles is 1. The Morgan fingerprint density at radius 2 is 2.20 bits per heavy atom. The van der Waals surface area contributed by atoms with Crippen molar-refractivity contribution >= 4 is 17.6 Å². The summed E-state index contributed by atoms with van der Waals surface area (Å²) in [5.41, 5.74) is 0.871. The van der Waals surface area contributed by atoms with Gasteiger partial charge in [-0.3, -0.25) is 0 Å². The van der Waals surface area contributed by atoms with Crippen molar-refractivity contribution in [1.82, 2.24) is 4.98 Å². The molecule has 1 N–H and O–H groups in total. The molecular formula is C14H9ClN2O3. The third kappa shape index (κ3) is 3.25. The van der Waals surface area contributed by atoms with E-state index in [0.717, 1.165) is 0 Å². The zero-order chi connectivity index (χ0) is 14.5. The molecule has 0 unspecified atom stereocenters. The molecule has 0 bridgehead atoms. The lowest BCUT2D eigenvalue weighted by Crippen LogP contribution is -2.05. The van der Waals surface area contributed by atoms with Crippen LogP contribution < -0.4 is 4.74 Å². The molecule has 2 aromatic rings. The van der Waals surface area contributed by atoms with Gasteiger partial charge in [-0.1, -0.05) is 17.7 Å². The highest BCUT2D eigenvalue weighted by Gasteiger charge is 2.07. The average molecular weight is 289 g/mol. The van der Waals surface area contributed by atoms with E-state index < -0.39 is 5.97 Å². The molecule has 2 rings (SSSR count). The highest BCUT2D eigenvalue weighted by molar-refractivity contribution is 6.32. The van der Waals surface area contributed by atoms with E-state index in [9.17, 15) is 4.79 Å². The van der Waals surface area contributed by atoms with E-state index in [1.54, 1.807) is 24.3 Å². The quantitative estimate of drug-likeness (QED) is 0.935. The molecule has 0 saturated heterocycles. The molecule has 0 spiro atoms. The van der Waals surface area contributed by atoms with Crippen LogP contribution in [0.25, 0.3) is 0 Å². The van der Waals surface area contributed by atoms with Crippen molar-refractivity contribution in [2.24, 2.45) is 0 Å². The van der Waals surface area contributed by atoms with Crippen molar-refractivity contribution in [3.05, 3.63) is 58.4 Å². The number of benzene rings is 1. The molecule has 20 heavy (non-hydrogen) atoms. The van der Waals surface area contributed by atoms with Crippen LogP contribution in [0.3, 0.4) is 0 Å². The van der Waals surface area contributed by atoms with Crippen LogP contribution in [0, 0.1) is 11.3 Å². The number of aromatic carboxylic acids is 1. The summed E-state index contributed by atoms with van der Waals surface area (Å²) in [5.74, 6) is -0.684. The van der Waals surface area contributed by atoms with Gasteiger partial charge in [-0.15, -0.1) is 0 Å². The van der Waals surface area contributed by atoms with Crippen molar-refractivity contribution in [3.63, 3.8) is 0 Å². The fourth-order valence-corrected chi connectivity index (χ4v) is 1.75. The first-order chi connectivity index (χ1) is 9.60. The van der Waals surface area contributed by atoms with E-state index in [-0.39, 0.29) is 12.3 Å². The molecular weight excluding hydrogens is 280 g/mol. The van der Waals surface area contributed by atoms with Gasteiger partial charge >= 0.3 is 5.97 Å². The topological polar surface area (TPSA) is 83.2 Å². The van der Waals surface area contributed by atoms with Crippen LogP contribution in [0.1, 0.15) is 21.7 Å². The van der Waals surface area contributed by atoms with Crippen molar-refractivity contribution in [3.8, 4) is 11.8 Å². The zero-order valence-corrected chi connectivity index (χ0v) is 11.0. The second-order valence-corrected chi connectivity index (χ2v) is 4.27. The van der Waals surface area contributed by atoms with Crippen molar-refractivity contribution in [2.45, 2.75) is 6.61 Å². The van der Waals surface area contributed by atoms with E-state index in [4.69, 9.17) is 26.7 Å². The second kappa shape index (κ2) is 6.04. The van der Waals surface area contributed by atoms with Crippen LogP contribution >= 0.6 is 11.6 Å². The Kier molecular flexibility index (Phi) is 4.18. The number of hydrogen-bond donors (Lipinski definition) is 1. The van der Waals surface area contributed by atoms with Crippen LogP contribution in [-0.2, 0) is 6.61 Å². The van der Waals surface area contributed by atoms with Gasteiger partial charge in [-0.25, -0.2) is 9.78 Å². The van der Waals surface area contributed by atoms with E-state index >= 15 is 0 Å². The molecule has 0 atom stereocenters. The molecule has 0 saturated carbocycles. The molecule has 6 heteroatoms. The second-order valence-electron chi connectivity index (χ2n) is 3.86. The lowest BCUT2D eigenvalue weighted by Gasteiger charge is -2.08. The minimum Gasteiger partial charge on any atom is -0.486 e. The van der Waals surface area contributed by atoms with Crippen LogP contribution in [0.2, 0.25) is 5.02 Å². The molecule has 0 radical (unpaired) electrons. The summed E-state index contributed by atoms with van der Waals surface area (Å²) in [6.07, 6.45) is 0. The summed E-state index contributed by atoms with van der Waals surface area (Å²) in [6, 6.07) is 11.3. The van der Waals surface area contributed by atoms with E-state index in [2.05, 4.69) is 4.98 Å². The summed E-state index contributed by atoms with van der Waals surface area (Å²) in [6.45, 7) is 0.0900. The highest BCUT2D eigenvalue weighted by atomic mass is 35.5. The standard InChI is InChI=1S/C14H9ClN2O3/c15-11-6-9(7-16)4-5-13(11)20-8-10-2-1-3-12(17-10)14(18)19/h1-6H,8H2,(H,18,19). The van der Waals surface area contributed by atoms with E-state index in [1.165, 1.54) is 12.1 Å². The predicted molar refractivity (Wildman–Crippen MR) is 71.7 cm³/mol. The van der Waals surface area contributed by atoms with Gasteiger partial charge in [0.15, 0.2) is 0 Å². The molecule has 0 amide bonds. The first kappa shape index (κ1) is 13.8. The monoisotopic (exact) mass is 288 g/mol. The first-order valence-electron chi connectivity index (χ1n) is 5.62. The van der Waals surface area contributed by atoms with Gasteiger partial charge in [0, 0.05) is 0 Å². The maximum absolute atomic E-state index is 10.8. The molecule has 0 aliphatic carbocycles. The number of carboxylic acids is 1. The molecule has 100 valence electrons. The summed E-state index contributed by atoms with van der Waals surface area (Å²) >= 11 is 5.97. The fraction of sp³-hybridized carbons (Fsp3) is 0.0714. The van der Waals surface area contributed by atoms with Gasteiger partial charge in [0.2, 0.25) is 0 Å². The summed E-state index contributed by atoms with van der Waals surface area (Å²) in [7, 11) is 0.